The quantitative estimate of drug-likeness (QED) is 0.368. The highest BCUT2D eigenvalue weighted by molar-refractivity contribution is 4.88. The zero-order valence-electron chi connectivity index (χ0n) is 6.17. The lowest BCUT2D eigenvalue weighted by atomic mass is 10.0. The van der Waals surface area contributed by atoms with Gasteiger partial charge in [0.2, 0.25) is 0 Å². The first-order valence-corrected chi connectivity index (χ1v) is 3.52. The van der Waals surface area contributed by atoms with Crippen molar-refractivity contribution in [1.29, 1.82) is 0 Å². The van der Waals surface area contributed by atoms with E-state index in [-0.39, 0.29) is 0 Å². The fourth-order valence-electron chi connectivity index (χ4n) is 1.06. The van der Waals surface area contributed by atoms with Crippen molar-refractivity contribution in [2.45, 2.75) is 30.8 Å². The molecule has 12 heavy (non-hydrogen) atoms. The Morgan fingerprint density at radius 2 is 1.75 bits per heavy atom. The summed E-state index contributed by atoms with van der Waals surface area (Å²) in [5, 5.41) is 35.2. The van der Waals surface area contributed by atoms with E-state index in [1.165, 1.54) is 0 Å². The van der Waals surface area contributed by atoms with Crippen LogP contribution in [0.15, 0.2) is 0 Å². The second-order valence-corrected chi connectivity index (χ2v) is 2.67. The molecule has 1 heterocycles. The number of aliphatic hydroxyl groups is 4. The largest absolute Gasteiger partial charge is 0.394 e. The summed E-state index contributed by atoms with van der Waals surface area (Å²) in [6.45, 7) is -0.651. The first kappa shape index (κ1) is 9.82. The Morgan fingerprint density at radius 1 is 1.17 bits per heavy atom. The summed E-state index contributed by atoms with van der Waals surface area (Å²) in [4.78, 5) is 0. The third kappa shape index (κ3) is 1.57. The van der Waals surface area contributed by atoms with E-state index < -0.39 is 37.4 Å². The predicted octanol–water partition coefficient (Wildman–Crippen LogP) is -2.24. The molecule has 2 unspecified atom stereocenters. The average molecular weight is 182 g/mol. The molecule has 0 amide bonds. The van der Waals surface area contributed by atoms with E-state index in [4.69, 9.17) is 20.4 Å². The number of ether oxygens (including phenoxy) is 1. The van der Waals surface area contributed by atoms with Crippen LogP contribution in [0.4, 0.5) is 4.39 Å². The highest BCUT2D eigenvalue weighted by Gasteiger charge is 2.43. The molecule has 0 spiro atoms. The van der Waals surface area contributed by atoms with E-state index in [1.54, 1.807) is 0 Å². The van der Waals surface area contributed by atoms with Gasteiger partial charge in [-0.05, 0) is 0 Å². The maximum absolute atomic E-state index is 12.9. The molecule has 1 aliphatic heterocycles. The molecule has 4 N–H and O–H groups in total. The average Bonchev–Trinajstić information content (AvgIpc) is 2.08. The lowest BCUT2D eigenvalue weighted by molar-refractivity contribution is -0.274. The van der Waals surface area contributed by atoms with E-state index in [2.05, 4.69) is 4.74 Å². The van der Waals surface area contributed by atoms with Crippen molar-refractivity contribution in [1.82, 2.24) is 0 Å². The van der Waals surface area contributed by atoms with Crippen molar-refractivity contribution in [2.24, 2.45) is 0 Å². The van der Waals surface area contributed by atoms with Gasteiger partial charge in [-0.1, -0.05) is 0 Å². The molecule has 0 aromatic rings. The van der Waals surface area contributed by atoms with Crippen LogP contribution in [0.25, 0.3) is 0 Å². The van der Waals surface area contributed by atoms with E-state index >= 15 is 0 Å². The number of aliphatic hydroxyl groups excluding tert-OH is 4. The Morgan fingerprint density at radius 3 is 2.25 bits per heavy atom. The van der Waals surface area contributed by atoms with Crippen molar-refractivity contribution < 1.29 is 29.6 Å². The molecule has 1 fully saturated rings. The van der Waals surface area contributed by atoms with Gasteiger partial charge < -0.3 is 25.2 Å². The number of halogens is 1. The van der Waals surface area contributed by atoms with Gasteiger partial charge in [-0.2, -0.15) is 0 Å². The lowest BCUT2D eigenvalue weighted by Crippen LogP contribution is -2.56. The van der Waals surface area contributed by atoms with Crippen molar-refractivity contribution in [3.05, 3.63) is 0 Å². The fourth-order valence-corrected chi connectivity index (χ4v) is 1.06. The van der Waals surface area contributed by atoms with Gasteiger partial charge in [0.25, 0.3) is 0 Å². The zero-order chi connectivity index (χ0) is 9.30. The summed E-state index contributed by atoms with van der Waals surface area (Å²) in [6.07, 6.45) is -8.19. The summed E-state index contributed by atoms with van der Waals surface area (Å²) in [7, 11) is 0. The first-order valence-electron chi connectivity index (χ1n) is 3.52. The molecule has 0 saturated carbocycles. The van der Waals surface area contributed by atoms with Gasteiger partial charge in [-0.25, -0.2) is 4.39 Å². The minimum Gasteiger partial charge on any atom is -0.394 e. The van der Waals surface area contributed by atoms with E-state index in [9.17, 15) is 4.39 Å². The zero-order valence-corrected chi connectivity index (χ0v) is 6.17. The Labute approximate surface area is 68.0 Å². The van der Waals surface area contributed by atoms with Gasteiger partial charge in [-0.15, -0.1) is 0 Å². The third-order valence-corrected chi connectivity index (χ3v) is 1.82. The minimum atomic E-state index is -1.88. The SMILES string of the molecule is OCC1O[C@@H](O)C(O)[C@H](O)[C@@H]1F. The summed E-state index contributed by atoms with van der Waals surface area (Å²) >= 11 is 0. The van der Waals surface area contributed by atoms with Crippen molar-refractivity contribution in [3.8, 4) is 0 Å². The van der Waals surface area contributed by atoms with Crippen molar-refractivity contribution in [2.75, 3.05) is 6.61 Å². The topological polar surface area (TPSA) is 90.2 Å². The summed E-state index contributed by atoms with van der Waals surface area (Å²) in [5.41, 5.74) is 0. The molecule has 0 bridgehead atoms. The molecule has 0 aromatic carbocycles. The van der Waals surface area contributed by atoms with Crippen molar-refractivity contribution in [3.63, 3.8) is 0 Å². The van der Waals surface area contributed by atoms with E-state index in [0.29, 0.717) is 0 Å². The molecule has 1 saturated heterocycles. The molecular formula is C6H11FO5. The summed E-state index contributed by atoms with van der Waals surface area (Å²) in [5.74, 6) is 0. The van der Waals surface area contributed by atoms with Crippen LogP contribution in [-0.2, 0) is 4.74 Å². The molecule has 5 nitrogen and oxygen atoms in total. The van der Waals surface area contributed by atoms with Gasteiger partial charge >= 0.3 is 0 Å². The Balaban J connectivity index is 2.63. The minimum absolute atomic E-state index is 0.651. The molecule has 0 radical (unpaired) electrons. The van der Waals surface area contributed by atoms with Crippen molar-refractivity contribution >= 4 is 0 Å². The van der Waals surface area contributed by atoms with Crippen LogP contribution in [0.3, 0.4) is 0 Å². The van der Waals surface area contributed by atoms with Gasteiger partial charge in [0.05, 0.1) is 6.61 Å². The molecule has 72 valence electrons. The highest BCUT2D eigenvalue weighted by atomic mass is 19.1. The van der Waals surface area contributed by atoms with Crippen LogP contribution < -0.4 is 0 Å². The maximum Gasteiger partial charge on any atom is 0.184 e. The molecule has 0 aliphatic carbocycles. The first-order chi connectivity index (χ1) is 5.57. The third-order valence-electron chi connectivity index (χ3n) is 1.82. The molecule has 1 rings (SSSR count). The monoisotopic (exact) mass is 182 g/mol. The second-order valence-electron chi connectivity index (χ2n) is 2.67. The number of alkyl halides is 1. The maximum atomic E-state index is 12.9. The molecule has 5 atom stereocenters. The van der Waals surface area contributed by atoms with E-state index in [1.807, 2.05) is 0 Å². The Kier molecular flexibility index (Phi) is 2.97. The van der Waals surface area contributed by atoms with Gasteiger partial charge in [0, 0.05) is 0 Å². The Bertz CT molecular complexity index is 150. The normalized spacial score (nSPS) is 49.2. The molecule has 6 heteroatoms. The smallest absolute Gasteiger partial charge is 0.184 e. The second kappa shape index (κ2) is 3.63. The van der Waals surface area contributed by atoms with Crippen LogP contribution in [-0.4, -0.2) is 57.8 Å². The summed E-state index contributed by atoms with van der Waals surface area (Å²) < 4.78 is 17.3. The Hall–Kier alpha value is -0.270. The highest BCUT2D eigenvalue weighted by Crippen LogP contribution is 2.21. The van der Waals surface area contributed by atoms with E-state index in [0.717, 1.165) is 0 Å². The molecular weight excluding hydrogens is 171 g/mol. The van der Waals surface area contributed by atoms with Crippen LogP contribution in [0, 0.1) is 0 Å². The van der Waals surface area contributed by atoms with Crippen LogP contribution in [0.2, 0.25) is 0 Å². The fraction of sp³-hybridized carbons (Fsp3) is 1.00. The van der Waals surface area contributed by atoms with Gasteiger partial charge in [0.15, 0.2) is 12.5 Å². The van der Waals surface area contributed by atoms with Crippen LogP contribution in [0.5, 0.6) is 0 Å². The molecule has 1 aliphatic rings. The van der Waals surface area contributed by atoms with Gasteiger partial charge in [0.1, 0.15) is 18.3 Å². The predicted molar refractivity (Wildman–Crippen MR) is 34.9 cm³/mol. The van der Waals surface area contributed by atoms with Crippen LogP contribution in [0.1, 0.15) is 0 Å². The number of rotatable bonds is 1. The standard InChI is InChI=1S/C6H11FO5/c7-3-2(1-8)12-6(11)5(10)4(3)9/h2-6,8-11H,1H2/t2?,3-,4-,5?,6-/m1/s1. The van der Waals surface area contributed by atoms with Gasteiger partial charge in [-0.3, -0.25) is 0 Å². The summed E-state index contributed by atoms with van der Waals surface area (Å²) in [6, 6.07) is 0. The molecule has 0 aromatic heterocycles. The van der Waals surface area contributed by atoms with Crippen LogP contribution >= 0.6 is 0 Å². The number of hydrogen-bond acceptors (Lipinski definition) is 5. The lowest BCUT2D eigenvalue weighted by Gasteiger charge is -2.36. The number of hydrogen-bond donors (Lipinski definition) is 4.